The molecule has 3 heterocycles. The number of rotatable bonds is 12. The van der Waals surface area contributed by atoms with Crippen LogP contribution in [0.15, 0.2) is 41.1 Å². The molecule has 40 heavy (non-hydrogen) atoms. The fraction of sp³-hybridized carbons (Fsp3) is 0.500. The molecule has 5 rings (SSSR count). The van der Waals surface area contributed by atoms with Gasteiger partial charge in [0.15, 0.2) is 12.2 Å². The molecule has 0 bridgehead atoms. The molecule has 0 unspecified atom stereocenters. The quantitative estimate of drug-likeness (QED) is 0.313. The molecule has 1 aliphatic carbocycles. The van der Waals surface area contributed by atoms with E-state index < -0.39 is 6.10 Å². The van der Waals surface area contributed by atoms with Gasteiger partial charge in [-0.25, -0.2) is 9.97 Å². The van der Waals surface area contributed by atoms with Crippen LogP contribution < -0.4 is 20.3 Å². The molecule has 1 amide bonds. The minimum Gasteiger partial charge on any atom is -0.486 e. The maximum Gasteiger partial charge on any atom is 0.251 e. The van der Waals surface area contributed by atoms with Crippen molar-refractivity contribution in [2.24, 2.45) is 0 Å². The summed E-state index contributed by atoms with van der Waals surface area (Å²) in [5.74, 6) is 2.81. The van der Waals surface area contributed by atoms with Crippen molar-refractivity contribution in [1.29, 1.82) is 0 Å². The SMILES string of the molecule is CCN(C)c1cc(C(=O)NC[C@H](O)CN2CCc3cc(OCc4ocnc4C)ccc3C2)cc(NC2CCC2)n1. The number of fused-ring (bicyclic) bond motifs is 1. The second-order valence-electron chi connectivity index (χ2n) is 10.8. The predicted octanol–water partition coefficient (Wildman–Crippen LogP) is 3.53. The van der Waals surface area contributed by atoms with Crippen molar-refractivity contribution in [3.05, 3.63) is 64.9 Å². The van der Waals surface area contributed by atoms with Crippen molar-refractivity contribution in [3.8, 4) is 5.75 Å². The summed E-state index contributed by atoms with van der Waals surface area (Å²) in [5, 5.41) is 17.1. The van der Waals surface area contributed by atoms with Gasteiger partial charge in [0.2, 0.25) is 0 Å². The smallest absolute Gasteiger partial charge is 0.251 e. The second-order valence-corrected chi connectivity index (χ2v) is 10.8. The summed E-state index contributed by atoms with van der Waals surface area (Å²) >= 11 is 0. The highest BCUT2D eigenvalue weighted by Gasteiger charge is 2.22. The van der Waals surface area contributed by atoms with E-state index in [1.807, 2.05) is 31.0 Å². The van der Waals surface area contributed by atoms with Crippen molar-refractivity contribution in [2.75, 3.05) is 43.4 Å². The number of nitrogens with one attached hydrogen (secondary N) is 2. The Morgan fingerprint density at radius 3 is 2.85 bits per heavy atom. The number of hydrogen-bond acceptors (Lipinski definition) is 9. The molecule has 0 spiro atoms. The Labute approximate surface area is 235 Å². The number of aromatic nitrogens is 2. The lowest BCUT2D eigenvalue weighted by atomic mass is 9.93. The molecular formula is C30H40N6O4. The Morgan fingerprint density at radius 1 is 1.27 bits per heavy atom. The van der Waals surface area contributed by atoms with Crippen LogP contribution in [0.5, 0.6) is 5.75 Å². The summed E-state index contributed by atoms with van der Waals surface area (Å²) in [4.78, 5) is 26.1. The first-order chi connectivity index (χ1) is 19.4. The molecule has 0 saturated heterocycles. The van der Waals surface area contributed by atoms with Crippen LogP contribution in [0.1, 0.15) is 59.1 Å². The third-order valence-electron chi connectivity index (χ3n) is 7.85. The van der Waals surface area contributed by atoms with Crippen molar-refractivity contribution < 1.29 is 19.1 Å². The molecule has 1 saturated carbocycles. The minimum absolute atomic E-state index is 0.183. The third kappa shape index (κ3) is 6.92. The standard InChI is InChI=1S/C30H40N6O4/c1-4-35(3)29-14-23(13-28(34-29)33-24-6-5-7-24)30(38)31-15-25(37)17-36-11-10-21-12-26(9-8-22(21)16-36)39-18-27-20(2)32-19-40-27/h8-9,12-14,19,24-25,37H,4-7,10-11,15-18H2,1-3H3,(H,31,38)(H,33,34)/t25-/m0/s1. The molecule has 1 atom stereocenters. The molecule has 3 aromatic rings. The van der Waals surface area contributed by atoms with Gasteiger partial charge in [0, 0.05) is 51.4 Å². The summed E-state index contributed by atoms with van der Waals surface area (Å²) in [5.41, 5.74) is 3.86. The number of hydrogen-bond donors (Lipinski definition) is 3. The second kappa shape index (κ2) is 12.7. The van der Waals surface area contributed by atoms with Crippen molar-refractivity contribution in [2.45, 2.75) is 64.8 Å². The lowest BCUT2D eigenvalue weighted by Gasteiger charge is -2.30. The number of aliphatic hydroxyl groups is 1. The van der Waals surface area contributed by atoms with Gasteiger partial charge in [-0.2, -0.15) is 0 Å². The summed E-state index contributed by atoms with van der Waals surface area (Å²) in [6.07, 6.45) is 5.10. The molecular weight excluding hydrogens is 508 g/mol. The highest BCUT2D eigenvalue weighted by atomic mass is 16.5. The van der Waals surface area contributed by atoms with Crippen molar-refractivity contribution >= 4 is 17.5 Å². The van der Waals surface area contributed by atoms with Gasteiger partial charge in [-0.3, -0.25) is 9.69 Å². The van der Waals surface area contributed by atoms with E-state index in [0.29, 0.717) is 24.8 Å². The van der Waals surface area contributed by atoms with Crippen LogP contribution in [0.2, 0.25) is 0 Å². The minimum atomic E-state index is -0.676. The first kappa shape index (κ1) is 27.9. The number of carbonyl (C=O) groups excluding carboxylic acids is 1. The molecule has 1 aromatic carbocycles. The van der Waals surface area contributed by atoms with Crippen LogP contribution in [-0.2, 0) is 19.6 Å². The normalized spacial score (nSPS) is 16.1. The van der Waals surface area contributed by atoms with Gasteiger partial charge >= 0.3 is 0 Å². The first-order valence-corrected chi connectivity index (χ1v) is 14.2. The number of amides is 1. The molecule has 10 heteroatoms. The number of β-amino-alcohol motifs (C(OH)–C–C–N with tert-alkyl or cyclic N) is 1. The van der Waals surface area contributed by atoms with E-state index in [2.05, 4.69) is 39.6 Å². The molecule has 3 N–H and O–H groups in total. The number of aryl methyl sites for hydroxylation is 1. The number of pyridine rings is 1. The molecule has 214 valence electrons. The molecule has 0 radical (unpaired) electrons. The summed E-state index contributed by atoms with van der Waals surface area (Å²) in [7, 11) is 1.96. The number of carbonyl (C=O) groups is 1. The molecule has 10 nitrogen and oxygen atoms in total. The van der Waals surface area contributed by atoms with Crippen LogP contribution in [-0.4, -0.2) is 71.3 Å². The van der Waals surface area contributed by atoms with Crippen molar-refractivity contribution in [1.82, 2.24) is 20.2 Å². The maximum atomic E-state index is 13.0. The number of aliphatic hydroxyl groups excluding tert-OH is 1. The fourth-order valence-corrected chi connectivity index (χ4v) is 4.96. The topological polar surface area (TPSA) is 116 Å². The Balaban J connectivity index is 1.12. The number of oxazole rings is 1. The zero-order valence-electron chi connectivity index (χ0n) is 23.7. The van der Waals surface area contributed by atoms with Crippen LogP contribution in [0.4, 0.5) is 11.6 Å². The van der Waals surface area contributed by atoms with E-state index in [9.17, 15) is 9.90 Å². The monoisotopic (exact) mass is 548 g/mol. The average Bonchev–Trinajstić information content (AvgIpc) is 3.36. The fourth-order valence-electron chi connectivity index (χ4n) is 4.96. The van der Waals surface area contributed by atoms with E-state index in [1.54, 1.807) is 6.07 Å². The Bertz CT molecular complexity index is 1310. The van der Waals surface area contributed by atoms with Gasteiger partial charge < -0.3 is 29.8 Å². The maximum absolute atomic E-state index is 13.0. The Hall–Kier alpha value is -3.63. The van der Waals surface area contributed by atoms with Gasteiger partial charge in [-0.05, 0) is 74.9 Å². The van der Waals surface area contributed by atoms with E-state index in [-0.39, 0.29) is 12.5 Å². The lowest BCUT2D eigenvalue weighted by molar-refractivity contribution is 0.0841. The zero-order valence-corrected chi connectivity index (χ0v) is 23.7. The van der Waals surface area contributed by atoms with Crippen LogP contribution in [0, 0.1) is 6.92 Å². The van der Waals surface area contributed by atoms with Gasteiger partial charge in [0.25, 0.3) is 5.91 Å². The largest absolute Gasteiger partial charge is 0.486 e. The number of benzene rings is 1. The van der Waals surface area contributed by atoms with E-state index in [0.717, 1.165) is 67.7 Å². The lowest BCUT2D eigenvalue weighted by Crippen LogP contribution is -2.42. The highest BCUT2D eigenvalue weighted by molar-refractivity contribution is 5.95. The van der Waals surface area contributed by atoms with Crippen LogP contribution in [0.3, 0.4) is 0 Å². The van der Waals surface area contributed by atoms with Crippen LogP contribution in [0.25, 0.3) is 0 Å². The van der Waals surface area contributed by atoms with E-state index >= 15 is 0 Å². The number of ether oxygens (including phenoxy) is 1. The zero-order chi connectivity index (χ0) is 28.1. The van der Waals surface area contributed by atoms with E-state index in [4.69, 9.17) is 14.1 Å². The first-order valence-electron chi connectivity index (χ1n) is 14.2. The summed E-state index contributed by atoms with van der Waals surface area (Å²) in [6, 6.07) is 10.2. The predicted molar refractivity (Wildman–Crippen MR) is 154 cm³/mol. The molecule has 1 aliphatic heterocycles. The van der Waals surface area contributed by atoms with Gasteiger partial charge in [-0.15, -0.1) is 0 Å². The van der Waals surface area contributed by atoms with E-state index in [1.165, 1.54) is 23.9 Å². The highest BCUT2D eigenvalue weighted by Crippen LogP contribution is 2.26. The Kier molecular flexibility index (Phi) is 8.86. The number of nitrogens with zero attached hydrogens (tertiary/aromatic N) is 4. The average molecular weight is 549 g/mol. The van der Waals surface area contributed by atoms with Crippen molar-refractivity contribution in [3.63, 3.8) is 0 Å². The molecule has 1 fully saturated rings. The Morgan fingerprint density at radius 2 is 2.12 bits per heavy atom. The van der Waals surface area contributed by atoms with Gasteiger partial charge in [0.05, 0.1) is 11.8 Å². The summed E-state index contributed by atoms with van der Waals surface area (Å²) < 4.78 is 11.3. The third-order valence-corrected chi connectivity index (χ3v) is 7.85. The molecule has 2 aromatic heterocycles. The van der Waals surface area contributed by atoms with Gasteiger partial charge in [0.1, 0.15) is 24.0 Å². The molecule has 2 aliphatic rings. The summed E-state index contributed by atoms with van der Waals surface area (Å²) in [6.45, 7) is 7.33. The van der Waals surface area contributed by atoms with Crippen LogP contribution >= 0.6 is 0 Å². The van der Waals surface area contributed by atoms with Gasteiger partial charge in [-0.1, -0.05) is 6.07 Å². The number of anilines is 2.